The van der Waals surface area contributed by atoms with Crippen LogP contribution in [0.25, 0.3) is 0 Å². The Balaban J connectivity index is 2.33. The molecule has 20 heavy (non-hydrogen) atoms. The molecular formula is C17H18N2O. The SMILES string of the molecule is Cc1cc(C)c(C#N)c(Oc2ccc(C(C)C)cc2)n1. The van der Waals surface area contributed by atoms with Crippen LogP contribution in [0.2, 0.25) is 0 Å². The van der Waals surface area contributed by atoms with Crippen LogP contribution < -0.4 is 4.74 Å². The largest absolute Gasteiger partial charge is 0.438 e. The van der Waals surface area contributed by atoms with E-state index < -0.39 is 0 Å². The van der Waals surface area contributed by atoms with Crippen molar-refractivity contribution < 1.29 is 4.74 Å². The lowest BCUT2D eigenvalue weighted by Gasteiger charge is -2.10. The van der Waals surface area contributed by atoms with E-state index in [1.807, 2.05) is 44.2 Å². The fourth-order valence-corrected chi connectivity index (χ4v) is 2.04. The number of nitrogens with zero attached hydrogens (tertiary/aromatic N) is 2. The smallest absolute Gasteiger partial charge is 0.237 e. The summed E-state index contributed by atoms with van der Waals surface area (Å²) in [5.74, 6) is 1.56. The summed E-state index contributed by atoms with van der Waals surface area (Å²) in [6.07, 6.45) is 0. The van der Waals surface area contributed by atoms with Crippen molar-refractivity contribution in [2.45, 2.75) is 33.6 Å². The van der Waals surface area contributed by atoms with E-state index in [1.54, 1.807) is 0 Å². The Bertz CT molecular complexity index is 652. The summed E-state index contributed by atoms with van der Waals surface area (Å²) in [4.78, 5) is 4.31. The van der Waals surface area contributed by atoms with Crippen LogP contribution in [-0.4, -0.2) is 4.98 Å². The van der Waals surface area contributed by atoms with Crippen LogP contribution >= 0.6 is 0 Å². The number of aryl methyl sites for hydroxylation is 2. The highest BCUT2D eigenvalue weighted by molar-refractivity contribution is 5.47. The van der Waals surface area contributed by atoms with E-state index in [0.29, 0.717) is 23.1 Å². The monoisotopic (exact) mass is 266 g/mol. The topological polar surface area (TPSA) is 45.9 Å². The molecule has 2 rings (SSSR count). The number of nitriles is 1. The molecule has 0 spiro atoms. The minimum absolute atomic E-state index is 0.377. The molecule has 0 N–H and O–H groups in total. The molecule has 1 aromatic carbocycles. The second-order valence-corrected chi connectivity index (χ2v) is 5.20. The number of pyridine rings is 1. The van der Waals surface area contributed by atoms with Gasteiger partial charge in [-0.1, -0.05) is 26.0 Å². The van der Waals surface area contributed by atoms with Crippen molar-refractivity contribution in [2.24, 2.45) is 0 Å². The van der Waals surface area contributed by atoms with E-state index in [2.05, 4.69) is 24.9 Å². The van der Waals surface area contributed by atoms with Crippen LogP contribution in [0.5, 0.6) is 11.6 Å². The molecule has 0 radical (unpaired) electrons. The van der Waals surface area contributed by atoms with E-state index in [9.17, 15) is 5.26 Å². The van der Waals surface area contributed by atoms with Gasteiger partial charge in [0.05, 0.1) is 0 Å². The number of benzene rings is 1. The van der Waals surface area contributed by atoms with Crippen molar-refractivity contribution in [2.75, 3.05) is 0 Å². The van der Waals surface area contributed by atoms with Gasteiger partial charge in [0, 0.05) is 5.69 Å². The zero-order valence-electron chi connectivity index (χ0n) is 12.3. The van der Waals surface area contributed by atoms with Gasteiger partial charge in [0.2, 0.25) is 5.88 Å². The van der Waals surface area contributed by atoms with Crippen molar-refractivity contribution in [1.29, 1.82) is 5.26 Å². The van der Waals surface area contributed by atoms with E-state index in [4.69, 9.17) is 4.74 Å². The summed E-state index contributed by atoms with van der Waals surface area (Å²) in [6.45, 7) is 8.08. The molecule has 0 bridgehead atoms. The normalized spacial score (nSPS) is 10.4. The fourth-order valence-electron chi connectivity index (χ4n) is 2.04. The molecule has 0 unspecified atom stereocenters. The standard InChI is InChI=1S/C17H18N2O/c1-11(2)14-5-7-15(8-6-14)20-17-16(10-18)12(3)9-13(4)19-17/h5-9,11H,1-4H3. The average Bonchev–Trinajstić information content (AvgIpc) is 2.39. The van der Waals surface area contributed by atoms with Gasteiger partial charge in [-0.2, -0.15) is 5.26 Å². The van der Waals surface area contributed by atoms with Crippen molar-refractivity contribution in [1.82, 2.24) is 4.98 Å². The minimum Gasteiger partial charge on any atom is -0.438 e. The molecule has 102 valence electrons. The highest BCUT2D eigenvalue weighted by Gasteiger charge is 2.11. The summed E-state index contributed by atoms with van der Waals surface area (Å²) in [7, 11) is 0. The van der Waals surface area contributed by atoms with Gasteiger partial charge in [0.25, 0.3) is 0 Å². The van der Waals surface area contributed by atoms with Crippen LogP contribution in [0.3, 0.4) is 0 Å². The number of rotatable bonds is 3. The number of ether oxygens (including phenoxy) is 1. The fraction of sp³-hybridized carbons (Fsp3) is 0.294. The van der Waals surface area contributed by atoms with E-state index in [-0.39, 0.29) is 0 Å². The first kappa shape index (κ1) is 14.1. The summed E-state index contributed by atoms with van der Waals surface area (Å²) >= 11 is 0. The highest BCUT2D eigenvalue weighted by Crippen LogP contribution is 2.27. The van der Waals surface area contributed by atoms with Crippen LogP contribution in [0.15, 0.2) is 30.3 Å². The quantitative estimate of drug-likeness (QED) is 0.822. The molecule has 0 aliphatic carbocycles. The molecule has 0 aliphatic rings. The molecule has 0 amide bonds. The van der Waals surface area contributed by atoms with Gasteiger partial charge in [-0.05, 0) is 49.1 Å². The second kappa shape index (κ2) is 5.75. The number of hydrogen-bond acceptors (Lipinski definition) is 3. The predicted octanol–water partition coefficient (Wildman–Crippen LogP) is 4.49. The highest BCUT2D eigenvalue weighted by atomic mass is 16.5. The van der Waals surface area contributed by atoms with Gasteiger partial charge in [-0.15, -0.1) is 0 Å². The molecule has 1 aromatic heterocycles. The maximum absolute atomic E-state index is 9.22. The van der Waals surface area contributed by atoms with Crippen LogP contribution in [0.4, 0.5) is 0 Å². The third-order valence-electron chi connectivity index (χ3n) is 3.18. The first-order valence-corrected chi connectivity index (χ1v) is 6.67. The zero-order valence-corrected chi connectivity index (χ0v) is 12.3. The molecule has 3 heteroatoms. The third-order valence-corrected chi connectivity index (χ3v) is 3.18. The maximum atomic E-state index is 9.22. The molecule has 0 aliphatic heterocycles. The minimum atomic E-state index is 0.377. The van der Waals surface area contributed by atoms with Gasteiger partial charge in [0.1, 0.15) is 17.4 Å². The molecule has 2 aromatic rings. The molecule has 0 fully saturated rings. The van der Waals surface area contributed by atoms with Gasteiger partial charge < -0.3 is 4.74 Å². The van der Waals surface area contributed by atoms with E-state index >= 15 is 0 Å². The van der Waals surface area contributed by atoms with Crippen molar-refractivity contribution in [3.63, 3.8) is 0 Å². The van der Waals surface area contributed by atoms with Crippen molar-refractivity contribution in [3.05, 3.63) is 52.7 Å². The predicted molar refractivity (Wildman–Crippen MR) is 79.0 cm³/mol. The Labute approximate surface area is 119 Å². The number of aromatic nitrogens is 1. The van der Waals surface area contributed by atoms with Crippen LogP contribution in [-0.2, 0) is 0 Å². The summed E-state index contributed by atoms with van der Waals surface area (Å²) in [5, 5.41) is 9.22. The van der Waals surface area contributed by atoms with Crippen molar-refractivity contribution in [3.8, 4) is 17.7 Å². The van der Waals surface area contributed by atoms with E-state index in [1.165, 1.54) is 5.56 Å². The maximum Gasteiger partial charge on any atom is 0.237 e. The lowest BCUT2D eigenvalue weighted by Crippen LogP contribution is -1.97. The van der Waals surface area contributed by atoms with Gasteiger partial charge in [-0.25, -0.2) is 4.98 Å². The third kappa shape index (κ3) is 2.97. The molecule has 0 saturated heterocycles. The van der Waals surface area contributed by atoms with Gasteiger partial charge in [0.15, 0.2) is 0 Å². The van der Waals surface area contributed by atoms with Crippen LogP contribution in [0.1, 0.15) is 42.1 Å². The van der Waals surface area contributed by atoms with E-state index in [0.717, 1.165) is 11.3 Å². The van der Waals surface area contributed by atoms with Gasteiger partial charge >= 0.3 is 0 Å². The summed E-state index contributed by atoms with van der Waals surface area (Å²) in [6, 6.07) is 11.9. The molecule has 3 nitrogen and oxygen atoms in total. The van der Waals surface area contributed by atoms with Crippen molar-refractivity contribution >= 4 is 0 Å². The lowest BCUT2D eigenvalue weighted by atomic mass is 10.0. The molecule has 1 heterocycles. The summed E-state index contributed by atoms with van der Waals surface area (Å²) < 4.78 is 5.76. The zero-order chi connectivity index (χ0) is 14.7. The van der Waals surface area contributed by atoms with Gasteiger partial charge in [-0.3, -0.25) is 0 Å². The lowest BCUT2D eigenvalue weighted by molar-refractivity contribution is 0.459. The Hall–Kier alpha value is -2.34. The number of hydrogen-bond donors (Lipinski definition) is 0. The Morgan fingerprint density at radius 1 is 1.15 bits per heavy atom. The Kier molecular flexibility index (Phi) is 4.05. The average molecular weight is 266 g/mol. The first-order valence-electron chi connectivity index (χ1n) is 6.67. The molecule has 0 saturated carbocycles. The molecule has 0 atom stereocenters. The molecular weight excluding hydrogens is 248 g/mol. The Morgan fingerprint density at radius 2 is 1.80 bits per heavy atom. The van der Waals surface area contributed by atoms with Crippen LogP contribution in [0, 0.1) is 25.2 Å². The summed E-state index contributed by atoms with van der Waals surface area (Å²) in [5.41, 5.74) is 3.47. The second-order valence-electron chi connectivity index (χ2n) is 5.20. The Morgan fingerprint density at radius 3 is 2.35 bits per heavy atom. The first-order chi connectivity index (χ1) is 9.51.